The molecule has 1 aromatic heterocycles. The molecule has 4 nitrogen and oxygen atoms in total. The quantitative estimate of drug-likeness (QED) is 0.825. The molecule has 2 rings (SSSR count). The van der Waals surface area contributed by atoms with E-state index in [1.54, 1.807) is 0 Å². The topological polar surface area (TPSA) is 39.9 Å². The molecule has 0 radical (unpaired) electrons. The second-order valence-corrected chi connectivity index (χ2v) is 5.86. The molecule has 1 aliphatic carbocycles. The summed E-state index contributed by atoms with van der Waals surface area (Å²) < 4.78 is 7.86. The second-order valence-electron chi connectivity index (χ2n) is 5.52. The molecule has 1 fully saturated rings. The fraction of sp³-hybridized carbons (Fsp3) is 0.846. The molecule has 1 saturated carbocycles. The van der Waals surface area contributed by atoms with E-state index in [2.05, 4.69) is 35.5 Å². The first-order valence-corrected chi connectivity index (χ1v) is 7.11. The van der Waals surface area contributed by atoms with E-state index in [4.69, 9.17) is 16.3 Å². The number of rotatable bonds is 5. The van der Waals surface area contributed by atoms with Gasteiger partial charge < -0.3 is 4.74 Å². The number of ether oxygens (including phenoxy) is 1. The van der Waals surface area contributed by atoms with Gasteiger partial charge in [0.25, 0.3) is 0 Å². The molecular weight excluding hydrogens is 250 g/mol. The number of aryl methyl sites for hydroxylation is 1. The van der Waals surface area contributed by atoms with Crippen LogP contribution in [0.4, 0.5) is 0 Å². The lowest BCUT2D eigenvalue weighted by Gasteiger charge is -2.52. The van der Waals surface area contributed by atoms with E-state index in [-0.39, 0.29) is 5.41 Å². The highest BCUT2D eigenvalue weighted by molar-refractivity contribution is 6.28. The van der Waals surface area contributed by atoms with Gasteiger partial charge in [-0.15, -0.1) is 10.2 Å². The molecule has 102 valence electrons. The van der Waals surface area contributed by atoms with Crippen molar-refractivity contribution in [3.8, 4) is 0 Å². The van der Waals surface area contributed by atoms with Crippen LogP contribution in [0.5, 0.6) is 0 Å². The lowest BCUT2D eigenvalue weighted by atomic mass is 9.64. The smallest absolute Gasteiger partial charge is 0.225 e. The summed E-state index contributed by atoms with van der Waals surface area (Å²) in [5, 5.41) is 8.70. The van der Waals surface area contributed by atoms with Crippen LogP contribution in [0, 0.1) is 5.41 Å². The van der Waals surface area contributed by atoms with Gasteiger partial charge >= 0.3 is 0 Å². The van der Waals surface area contributed by atoms with E-state index in [1.165, 1.54) is 0 Å². The number of nitrogens with zero attached hydrogens (tertiary/aromatic N) is 3. The van der Waals surface area contributed by atoms with E-state index in [9.17, 15) is 0 Å². The van der Waals surface area contributed by atoms with Crippen molar-refractivity contribution in [1.29, 1.82) is 0 Å². The Kier molecular flexibility index (Phi) is 3.97. The molecule has 1 aliphatic rings. The standard InChI is InChI=1S/C13H22ClN3O/c1-5-7-11-15-16-12(14)17(11)9-8-10(18-6-2)13(9,3)4/h9-10H,5-8H2,1-4H3. The van der Waals surface area contributed by atoms with Crippen LogP contribution in [0.1, 0.15) is 52.4 Å². The summed E-state index contributed by atoms with van der Waals surface area (Å²) in [6, 6.07) is 0.345. The molecule has 5 heteroatoms. The minimum atomic E-state index is 0.0878. The second kappa shape index (κ2) is 5.17. The van der Waals surface area contributed by atoms with Gasteiger partial charge in [-0.05, 0) is 31.4 Å². The highest BCUT2D eigenvalue weighted by Crippen LogP contribution is 2.52. The van der Waals surface area contributed by atoms with Crippen molar-refractivity contribution >= 4 is 11.6 Å². The predicted molar refractivity (Wildman–Crippen MR) is 71.9 cm³/mol. The van der Waals surface area contributed by atoms with Gasteiger partial charge in [-0.2, -0.15) is 0 Å². The SMILES string of the molecule is CCCc1nnc(Cl)n1C1CC(OCC)C1(C)C. The van der Waals surface area contributed by atoms with E-state index in [0.717, 1.165) is 31.7 Å². The molecule has 0 saturated heterocycles. The van der Waals surface area contributed by atoms with Crippen LogP contribution >= 0.6 is 11.6 Å². The first-order chi connectivity index (χ1) is 8.52. The summed E-state index contributed by atoms with van der Waals surface area (Å²) in [4.78, 5) is 0. The zero-order valence-electron chi connectivity index (χ0n) is 11.6. The van der Waals surface area contributed by atoms with E-state index in [0.29, 0.717) is 17.4 Å². The van der Waals surface area contributed by atoms with Crippen LogP contribution < -0.4 is 0 Å². The Morgan fingerprint density at radius 3 is 2.67 bits per heavy atom. The third-order valence-corrected chi connectivity index (χ3v) is 4.26. The molecular formula is C13H22ClN3O. The van der Waals surface area contributed by atoms with Gasteiger partial charge in [-0.3, -0.25) is 4.57 Å². The van der Waals surface area contributed by atoms with Gasteiger partial charge in [0.05, 0.1) is 6.10 Å². The van der Waals surface area contributed by atoms with Gasteiger partial charge in [-0.25, -0.2) is 0 Å². The molecule has 1 heterocycles. The number of hydrogen-bond donors (Lipinski definition) is 0. The molecule has 0 aromatic carbocycles. The first-order valence-electron chi connectivity index (χ1n) is 6.73. The highest BCUT2D eigenvalue weighted by Gasteiger charge is 2.51. The van der Waals surface area contributed by atoms with Gasteiger partial charge in [0.1, 0.15) is 5.82 Å². The average molecular weight is 272 g/mol. The van der Waals surface area contributed by atoms with Crippen LogP contribution in [0.15, 0.2) is 0 Å². The molecule has 2 atom stereocenters. The molecule has 0 amide bonds. The van der Waals surface area contributed by atoms with Crippen molar-refractivity contribution in [3.05, 3.63) is 11.1 Å². The Morgan fingerprint density at radius 1 is 1.39 bits per heavy atom. The Hall–Kier alpha value is -0.610. The fourth-order valence-electron chi connectivity index (χ4n) is 2.79. The summed E-state index contributed by atoms with van der Waals surface area (Å²) in [6.07, 6.45) is 3.28. The number of halogens is 1. The summed E-state index contributed by atoms with van der Waals surface area (Å²) in [5.41, 5.74) is 0.0878. The maximum atomic E-state index is 6.19. The van der Waals surface area contributed by atoms with Crippen molar-refractivity contribution in [2.24, 2.45) is 5.41 Å². The number of aromatic nitrogens is 3. The lowest BCUT2D eigenvalue weighted by molar-refractivity contribution is -0.128. The first kappa shape index (κ1) is 13.8. The minimum Gasteiger partial charge on any atom is -0.378 e. The zero-order chi connectivity index (χ0) is 13.3. The van der Waals surface area contributed by atoms with Crippen LogP contribution in [0.25, 0.3) is 0 Å². The Balaban J connectivity index is 2.21. The van der Waals surface area contributed by atoms with Crippen molar-refractivity contribution < 1.29 is 4.74 Å². The highest BCUT2D eigenvalue weighted by atomic mass is 35.5. The summed E-state index contributed by atoms with van der Waals surface area (Å²) in [5.74, 6) is 0.996. The van der Waals surface area contributed by atoms with E-state index >= 15 is 0 Å². The van der Waals surface area contributed by atoms with Gasteiger partial charge in [0, 0.05) is 24.5 Å². The van der Waals surface area contributed by atoms with Crippen LogP contribution in [0.2, 0.25) is 5.28 Å². The zero-order valence-corrected chi connectivity index (χ0v) is 12.4. The third-order valence-electron chi connectivity index (χ3n) is 4.00. The van der Waals surface area contributed by atoms with Gasteiger partial charge in [0.2, 0.25) is 5.28 Å². The van der Waals surface area contributed by atoms with Crippen LogP contribution in [0.3, 0.4) is 0 Å². The average Bonchev–Trinajstić information content (AvgIpc) is 2.66. The van der Waals surface area contributed by atoms with Crippen molar-refractivity contribution in [1.82, 2.24) is 14.8 Å². The molecule has 0 spiro atoms. The summed E-state index contributed by atoms with van der Waals surface area (Å²) >= 11 is 6.19. The molecule has 18 heavy (non-hydrogen) atoms. The largest absolute Gasteiger partial charge is 0.378 e. The van der Waals surface area contributed by atoms with Crippen LogP contribution in [-0.4, -0.2) is 27.5 Å². The molecule has 0 aliphatic heterocycles. The van der Waals surface area contributed by atoms with Gasteiger partial charge in [-0.1, -0.05) is 20.8 Å². The third kappa shape index (κ3) is 2.16. The van der Waals surface area contributed by atoms with Crippen molar-refractivity contribution in [2.45, 2.75) is 59.1 Å². The van der Waals surface area contributed by atoms with E-state index < -0.39 is 0 Å². The van der Waals surface area contributed by atoms with Crippen LogP contribution in [-0.2, 0) is 11.2 Å². The normalized spacial score (nSPS) is 26.1. The maximum absolute atomic E-state index is 6.19. The van der Waals surface area contributed by atoms with Crippen molar-refractivity contribution in [2.75, 3.05) is 6.61 Å². The maximum Gasteiger partial charge on any atom is 0.225 e. The van der Waals surface area contributed by atoms with Gasteiger partial charge in [0.15, 0.2) is 0 Å². The fourth-order valence-corrected chi connectivity index (χ4v) is 3.04. The molecule has 2 unspecified atom stereocenters. The monoisotopic (exact) mass is 271 g/mol. The molecule has 0 N–H and O–H groups in total. The molecule has 1 aromatic rings. The summed E-state index contributed by atoms with van der Waals surface area (Å²) in [6.45, 7) is 9.40. The Labute approximate surface area is 114 Å². The number of hydrogen-bond acceptors (Lipinski definition) is 3. The molecule has 0 bridgehead atoms. The summed E-state index contributed by atoms with van der Waals surface area (Å²) in [7, 11) is 0. The van der Waals surface area contributed by atoms with E-state index in [1.807, 2.05) is 6.92 Å². The Bertz CT molecular complexity index is 416. The van der Waals surface area contributed by atoms with Crippen molar-refractivity contribution in [3.63, 3.8) is 0 Å². The predicted octanol–water partition coefficient (Wildman–Crippen LogP) is 3.26. The lowest BCUT2D eigenvalue weighted by Crippen LogP contribution is -2.51. The Morgan fingerprint density at radius 2 is 2.11 bits per heavy atom. The minimum absolute atomic E-state index is 0.0878.